The zero-order valence-electron chi connectivity index (χ0n) is 11.6. The highest BCUT2D eigenvalue weighted by Gasteiger charge is 2.39. The first kappa shape index (κ1) is 13.8. The minimum absolute atomic E-state index is 0.298. The summed E-state index contributed by atoms with van der Waals surface area (Å²) in [6.45, 7) is 2.74. The molecule has 18 heavy (non-hydrogen) atoms. The maximum Gasteiger partial charge on any atom is 0.108 e. The van der Waals surface area contributed by atoms with E-state index in [0.29, 0.717) is 6.04 Å². The molecule has 1 N–H and O–H groups in total. The molecular formula is C14H25N3O. The van der Waals surface area contributed by atoms with E-state index < -0.39 is 0 Å². The Balaban J connectivity index is 1.66. The molecule has 0 spiro atoms. The Hall–Kier alpha value is -0.630. The predicted molar refractivity (Wildman–Crippen MR) is 71.2 cm³/mol. The highest BCUT2D eigenvalue weighted by atomic mass is 16.5. The summed E-state index contributed by atoms with van der Waals surface area (Å²) in [6, 6.07) is 2.95. The molecule has 102 valence electrons. The number of ether oxygens (including phenoxy) is 1. The van der Waals surface area contributed by atoms with Crippen LogP contribution in [0.1, 0.15) is 32.1 Å². The molecule has 0 saturated heterocycles. The van der Waals surface area contributed by atoms with Crippen molar-refractivity contribution in [2.24, 2.45) is 5.92 Å². The van der Waals surface area contributed by atoms with Gasteiger partial charge < -0.3 is 15.0 Å². The first-order chi connectivity index (χ1) is 8.69. The van der Waals surface area contributed by atoms with Crippen molar-refractivity contribution >= 4 is 0 Å². The first-order valence-corrected chi connectivity index (χ1v) is 7.07. The Bertz CT molecular complexity index is 311. The largest absolute Gasteiger partial charge is 0.380 e. The van der Waals surface area contributed by atoms with Crippen LogP contribution < -0.4 is 5.32 Å². The van der Waals surface area contributed by atoms with Crippen molar-refractivity contribution in [1.29, 1.82) is 5.26 Å². The number of hydrogen-bond donors (Lipinski definition) is 1. The van der Waals surface area contributed by atoms with E-state index in [1.54, 1.807) is 0 Å². The Labute approximate surface area is 110 Å². The summed E-state index contributed by atoms with van der Waals surface area (Å²) in [6.07, 6.45) is 5.70. The number of hydrogen-bond acceptors (Lipinski definition) is 4. The zero-order chi connectivity index (χ0) is 13.0. The van der Waals surface area contributed by atoms with Gasteiger partial charge in [-0.3, -0.25) is 0 Å². The van der Waals surface area contributed by atoms with Crippen LogP contribution in [0.15, 0.2) is 0 Å². The fourth-order valence-corrected chi connectivity index (χ4v) is 2.71. The van der Waals surface area contributed by atoms with E-state index in [-0.39, 0.29) is 5.54 Å². The summed E-state index contributed by atoms with van der Waals surface area (Å²) in [5.74, 6) is 0.845. The molecule has 4 nitrogen and oxygen atoms in total. The van der Waals surface area contributed by atoms with Gasteiger partial charge in [0.2, 0.25) is 0 Å². The lowest BCUT2D eigenvalue weighted by Crippen LogP contribution is -2.41. The summed E-state index contributed by atoms with van der Waals surface area (Å²) >= 11 is 0. The van der Waals surface area contributed by atoms with Crippen LogP contribution in [0.5, 0.6) is 0 Å². The van der Waals surface area contributed by atoms with Crippen LogP contribution in [0.3, 0.4) is 0 Å². The van der Waals surface area contributed by atoms with E-state index in [9.17, 15) is 5.26 Å². The molecule has 0 aliphatic heterocycles. The van der Waals surface area contributed by atoms with Gasteiger partial charge in [0.1, 0.15) is 5.54 Å². The summed E-state index contributed by atoms with van der Waals surface area (Å²) in [4.78, 5) is 2.35. The van der Waals surface area contributed by atoms with Crippen LogP contribution in [0, 0.1) is 17.2 Å². The molecule has 2 aliphatic rings. The van der Waals surface area contributed by atoms with Crippen molar-refractivity contribution in [3.05, 3.63) is 0 Å². The van der Waals surface area contributed by atoms with Gasteiger partial charge in [0, 0.05) is 19.2 Å². The molecule has 2 fully saturated rings. The summed E-state index contributed by atoms with van der Waals surface area (Å²) < 4.78 is 5.67. The van der Waals surface area contributed by atoms with Crippen molar-refractivity contribution in [2.45, 2.75) is 43.7 Å². The van der Waals surface area contributed by atoms with Gasteiger partial charge in [0.25, 0.3) is 0 Å². The SMILES string of the molecule is CNC1(C#N)CCC(N(C)CCOCC2CC2)C1. The van der Waals surface area contributed by atoms with Gasteiger partial charge >= 0.3 is 0 Å². The lowest BCUT2D eigenvalue weighted by atomic mass is 10.00. The van der Waals surface area contributed by atoms with Crippen LogP contribution in [0.25, 0.3) is 0 Å². The first-order valence-electron chi connectivity index (χ1n) is 7.07. The summed E-state index contributed by atoms with van der Waals surface area (Å²) in [7, 11) is 4.04. The molecule has 0 aromatic rings. The third-order valence-electron chi connectivity index (χ3n) is 4.44. The van der Waals surface area contributed by atoms with E-state index in [1.807, 2.05) is 7.05 Å². The van der Waals surface area contributed by atoms with Crippen molar-refractivity contribution in [2.75, 3.05) is 33.9 Å². The Kier molecular flexibility index (Phi) is 4.60. The minimum atomic E-state index is -0.298. The molecule has 2 rings (SSSR count). The molecule has 0 radical (unpaired) electrons. The molecule has 4 heteroatoms. The molecule has 0 bridgehead atoms. The van der Waals surface area contributed by atoms with Gasteiger partial charge in [-0.15, -0.1) is 0 Å². The van der Waals surface area contributed by atoms with Crippen molar-refractivity contribution in [3.8, 4) is 6.07 Å². The third-order valence-corrected chi connectivity index (χ3v) is 4.44. The van der Waals surface area contributed by atoms with Crippen LogP contribution in [0.4, 0.5) is 0 Å². The highest BCUT2D eigenvalue weighted by molar-refractivity contribution is 5.12. The van der Waals surface area contributed by atoms with Gasteiger partial charge in [-0.1, -0.05) is 0 Å². The lowest BCUT2D eigenvalue weighted by molar-refractivity contribution is 0.0912. The number of likely N-dealkylation sites (N-methyl/N-ethyl adjacent to an activating group) is 1. The van der Waals surface area contributed by atoms with E-state index in [1.165, 1.54) is 12.8 Å². The average molecular weight is 251 g/mol. The maximum atomic E-state index is 9.24. The Morgan fingerprint density at radius 3 is 2.78 bits per heavy atom. The van der Waals surface area contributed by atoms with Crippen LogP contribution in [-0.2, 0) is 4.74 Å². The monoisotopic (exact) mass is 251 g/mol. The summed E-state index contributed by atoms with van der Waals surface area (Å²) in [5.41, 5.74) is -0.298. The van der Waals surface area contributed by atoms with Crippen LogP contribution in [0.2, 0.25) is 0 Å². The Morgan fingerprint density at radius 2 is 2.22 bits per heavy atom. The molecule has 0 aromatic carbocycles. The van der Waals surface area contributed by atoms with Crippen LogP contribution in [-0.4, -0.2) is 50.3 Å². The molecule has 0 amide bonds. The molecular weight excluding hydrogens is 226 g/mol. The second-order valence-corrected chi connectivity index (χ2v) is 5.84. The number of nitrogens with one attached hydrogen (secondary N) is 1. The predicted octanol–water partition coefficient (Wildman–Crippen LogP) is 1.38. The number of rotatable bonds is 7. The molecule has 2 aliphatic carbocycles. The normalized spacial score (nSPS) is 31.8. The van der Waals surface area contributed by atoms with E-state index in [4.69, 9.17) is 4.74 Å². The third kappa shape index (κ3) is 3.44. The molecule has 0 heterocycles. The molecule has 2 saturated carbocycles. The topological polar surface area (TPSA) is 48.3 Å². The summed E-state index contributed by atoms with van der Waals surface area (Å²) in [5, 5.41) is 12.4. The van der Waals surface area contributed by atoms with E-state index in [2.05, 4.69) is 23.3 Å². The Morgan fingerprint density at radius 1 is 1.44 bits per heavy atom. The lowest BCUT2D eigenvalue weighted by Gasteiger charge is -2.26. The minimum Gasteiger partial charge on any atom is -0.380 e. The van der Waals surface area contributed by atoms with E-state index >= 15 is 0 Å². The van der Waals surface area contributed by atoms with Gasteiger partial charge in [-0.2, -0.15) is 5.26 Å². The smallest absolute Gasteiger partial charge is 0.108 e. The fourth-order valence-electron chi connectivity index (χ4n) is 2.71. The van der Waals surface area contributed by atoms with Gasteiger partial charge in [0.05, 0.1) is 12.7 Å². The number of nitrogens with zero attached hydrogens (tertiary/aromatic N) is 2. The zero-order valence-corrected chi connectivity index (χ0v) is 11.6. The fraction of sp³-hybridized carbons (Fsp3) is 0.929. The van der Waals surface area contributed by atoms with Crippen molar-refractivity contribution < 1.29 is 4.74 Å². The molecule has 2 atom stereocenters. The second kappa shape index (κ2) is 6.01. The standard InChI is InChI=1S/C14H25N3O/c1-16-14(11-15)6-5-13(9-14)17(2)7-8-18-10-12-3-4-12/h12-13,16H,3-10H2,1-2H3. The molecule has 0 aromatic heterocycles. The maximum absolute atomic E-state index is 9.24. The van der Waals surface area contributed by atoms with Crippen molar-refractivity contribution in [1.82, 2.24) is 10.2 Å². The van der Waals surface area contributed by atoms with Gasteiger partial charge in [-0.25, -0.2) is 0 Å². The van der Waals surface area contributed by atoms with E-state index in [0.717, 1.165) is 44.9 Å². The highest BCUT2D eigenvalue weighted by Crippen LogP contribution is 2.32. The van der Waals surface area contributed by atoms with Crippen molar-refractivity contribution in [3.63, 3.8) is 0 Å². The molecule has 2 unspecified atom stereocenters. The van der Waals surface area contributed by atoms with Gasteiger partial charge in [0.15, 0.2) is 0 Å². The van der Waals surface area contributed by atoms with Gasteiger partial charge in [-0.05, 0) is 52.1 Å². The second-order valence-electron chi connectivity index (χ2n) is 5.84. The average Bonchev–Trinajstić information content (AvgIpc) is 3.11. The quantitative estimate of drug-likeness (QED) is 0.694. The number of nitriles is 1. The van der Waals surface area contributed by atoms with Crippen LogP contribution >= 0.6 is 0 Å².